The van der Waals surface area contributed by atoms with Gasteiger partial charge in [-0.25, -0.2) is 0 Å². The molecule has 1 rings (SSSR count). The number of hydrogen-bond acceptors (Lipinski definition) is 18. The van der Waals surface area contributed by atoms with E-state index in [9.17, 15) is 76.7 Å². The summed E-state index contributed by atoms with van der Waals surface area (Å²) < 4.78 is 0. The van der Waals surface area contributed by atoms with Gasteiger partial charge in [-0.15, -0.1) is 23.5 Å². The van der Waals surface area contributed by atoms with Crippen molar-refractivity contribution in [2.75, 3.05) is 90.2 Å². The number of nitrogens with zero attached hydrogens (tertiary/aromatic N) is 7. The van der Waals surface area contributed by atoms with Crippen LogP contribution >= 0.6 is 23.5 Å². The van der Waals surface area contributed by atoms with Crippen LogP contribution in [0.3, 0.4) is 0 Å². The van der Waals surface area contributed by atoms with Crippen molar-refractivity contribution in [1.29, 1.82) is 0 Å². The Morgan fingerprint density at radius 1 is 0.356 bits per heavy atom. The summed E-state index contributed by atoms with van der Waals surface area (Å²) in [5.74, 6) is -5.25. The molecule has 23 nitrogen and oxygen atoms in total. The molecule has 1 unspecified atom stereocenters. The highest BCUT2D eigenvalue weighted by atomic mass is 32.2. The Labute approximate surface area is 541 Å². The number of amides is 7. The van der Waals surface area contributed by atoms with E-state index >= 15 is 0 Å². The third kappa shape index (κ3) is 34.6. The highest BCUT2D eigenvalue weighted by molar-refractivity contribution is 8.18. The van der Waals surface area contributed by atoms with Crippen LogP contribution in [-0.2, 0) is 76.7 Å². The summed E-state index contributed by atoms with van der Waals surface area (Å²) in [5, 5.41) is 3.52. The fourth-order valence-electron chi connectivity index (χ4n) is 9.28. The van der Waals surface area contributed by atoms with Crippen LogP contribution < -0.4 is 0 Å². The minimum Gasteiger partial charge on any atom is -0.342 e. The van der Waals surface area contributed by atoms with Crippen molar-refractivity contribution in [1.82, 2.24) is 34.3 Å². The second kappa shape index (κ2) is 47.4. The van der Waals surface area contributed by atoms with Crippen LogP contribution in [-0.4, -0.2) is 224 Å². The third-order valence-electron chi connectivity index (χ3n) is 15.6. The average Bonchev–Trinajstić information content (AvgIpc) is 3.48. The molecule has 1 atom stereocenters. The molecule has 0 aromatic rings. The first kappa shape index (κ1) is 81.5. The van der Waals surface area contributed by atoms with Crippen LogP contribution in [0.2, 0.25) is 0 Å². The molecule has 0 aromatic carbocycles. The van der Waals surface area contributed by atoms with Gasteiger partial charge in [-0.1, -0.05) is 48.5 Å². The number of carbonyl (C=O) groups is 16. The summed E-state index contributed by atoms with van der Waals surface area (Å²) in [6, 6.07) is -1.36. The molecule has 504 valence electrons. The number of rotatable bonds is 49. The van der Waals surface area contributed by atoms with Crippen LogP contribution in [0.4, 0.5) is 0 Å². The van der Waals surface area contributed by atoms with Crippen LogP contribution in [0.1, 0.15) is 197 Å². The van der Waals surface area contributed by atoms with E-state index in [2.05, 4.69) is 0 Å². The Balaban J connectivity index is 3.87. The zero-order chi connectivity index (χ0) is 67.6. The number of hydrogen-bond donors (Lipinski definition) is 0. The number of carbonyl (C=O) groups excluding carboxylic acids is 16. The molecule has 0 bridgehead atoms. The second-order valence-corrected chi connectivity index (χ2v) is 24.2. The molecule has 0 radical (unpaired) electrons. The fourth-order valence-corrected chi connectivity index (χ4v) is 10.7. The molecule has 0 saturated carbocycles. The maximum absolute atomic E-state index is 14.7. The van der Waals surface area contributed by atoms with Gasteiger partial charge in [0.25, 0.3) is 0 Å². The van der Waals surface area contributed by atoms with Crippen molar-refractivity contribution in [2.45, 2.75) is 203 Å². The van der Waals surface area contributed by atoms with Crippen molar-refractivity contribution < 1.29 is 76.7 Å². The van der Waals surface area contributed by atoms with Gasteiger partial charge >= 0.3 is 0 Å². The SMILES string of the molecule is CCC(=O)CCN(CCC(C)=O)C(=O)CCN(CCC(=O)N(CCC(=O)CC)CCC(=O)CC)C(=O)CCN1C(=O)C=CSCSC=CC(=O)C1CCC(=O)N(CCC(=O)N(CCC(=O)CC)CCC(=O)CC)CCC(=O)N(CCC(=O)CC)CCC(=O)CC. The van der Waals surface area contributed by atoms with Gasteiger partial charge < -0.3 is 34.3 Å². The van der Waals surface area contributed by atoms with Crippen LogP contribution in [0.25, 0.3) is 0 Å². The average molecular weight is 1300 g/mol. The van der Waals surface area contributed by atoms with Gasteiger partial charge in [0, 0.05) is 231 Å². The van der Waals surface area contributed by atoms with E-state index in [0.717, 1.165) is 0 Å². The van der Waals surface area contributed by atoms with Crippen LogP contribution in [0, 0.1) is 0 Å². The van der Waals surface area contributed by atoms with E-state index in [1.54, 1.807) is 53.9 Å². The molecule has 0 spiro atoms. The maximum Gasteiger partial charge on any atom is 0.247 e. The zero-order valence-electron chi connectivity index (χ0n) is 54.8. The van der Waals surface area contributed by atoms with Gasteiger partial charge in [0.05, 0.1) is 6.04 Å². The maximum atomic E-state index is 14.7. The smallest absolute Gasteiger partial charge is 0.247 e. The molecular weight excluding hydrogens is 1200 g/mol. The van der Waals surface area contributed by atoms with E-state index < -0.39 is 72.6 Å². The lowest BCUT2D eigenvalue weighted by Crippen LogP contribution is -2.47. The van der Waals surface area contributed by atoms with Gasteiger partial charge in [-0.05, 0) is 30.2 Å². The highest BCUT2D eigenvalue weighted by Gasteiger charge is 2.32. The minimum absolute atomic E-state index is 0.0180. The van der Waals surface area contributed by atoms with E-state index in [0.29, 0.717) is 5.08 Å². The molecule has 0 aromatic heterocycles. The Morgan fingerprint density at radius 3 is 0.878 bits per heavy atom. The summed E-state index contributed by atoms with van der Waals surface area (Å²) in [4.78, 5) is 222. The fraction of sp³-hybridized carbons (Fsp3) is 0.692. The van der Waals surface area contributed by atoms with Crippen molar-refractivity contribution in [3.63, 3.8) is 0 Å². The van der Waals surface area contributed by atoms with Gasteiger partial charge in [-0.3, -0.25) is 76.7 Å². The first-order chi connectivity index (χ1) is 42.9. The zero-order valence-corrected chi connectivity index (χ0v) is 56.5. The minimum atomic E-state index is -1.36. The van der Waals surface area contributed by atoms with Crippen molar-refractivity contribution >= 4 is 117 Å². The normalized spacial score (nSPS) is 13.2. The first-order valence-corrected chi connectivity index (χ1v) is 34.2. The summed E-state index contributed by atoms with van der Waals surface area (Å²) in [7, 11) is 0. The molecule has 25 heteroatoms. The van der Waals surface area contributed by atoms with E-state index in [1.165, 1.54) is 82.3 Å². The Kier molecular flexibility index (Phi) is 42.9. The van der Waals surface area contributed by atoms with Gasteiger partial charge in [-0.2, -0.15) is 0 Å². The Morgan fingerprint density at radius 2 is 0.600 bits per heavy atom. The quantitative estimate of drug-likeness (QED) is 0.0629. The summed E-state index contributed by atoms with van der Waals surface area (Å²) in [5.41, 5.74) is 0. The Bertz CT molecular complexity index is 2400. The lowest BCUT2D eigenvalue weighted by molar-refractivity contribution is -0.141. The lowest BCUT2D eigenvalue weighted by atomic mass is 10.0. The predicted molar refractivity (Wildman–Crippen MR) is 345 cm³/mol. The predicted octanol–water partition coefficient (Wildman–Crippen LogP) is 6.48. The molecule has 0 fully saturated rings. The van der Waals surface area contributed by atoms with Crippen LogP contribution in [0.5, 0.6) is 0 Å². The highest BCUT2D eigenvalue weighted by Crippen LogP contribution is 2.21. The summed E-state index contributed by atoms with van der Waals surface area (Å²) >= 11 is 2.55. The largest absolute Gasteiger partial charge is 0.342 e. The van der Waals surface area contributed by atoms with Crippen molar-refractivity contribution in [3.8, 4) is 0 Å². The molecule has 1 aliphatic heterocycles. The standard InChI is InChI=1S/C65H101N7O16S2/c1-9-50(74)19-34-66(33-18-49(8)73)60(83)28-43-71(44-29-63(86)69(39-24-55(79)14-6)40-25-56(80)15-7)64(87)30-45-72-57(58(81)31-46-89-48-90-47-32-65(72)88)16-17-59(82)70(41-26-61(84)67(35-20-51(75)10-2)36-21-52(76)11-3)42-27-62(85)68(37-22-53(77)12-4)38-23-54(78)13-5/h31-32,46-47,57H,9-30,33-45,48H2,1-8H3. The Hall–Kier alpha value is -6.50. The molecule has 0 aliphatic carbocycles. The van der Waals surface area contributed by atoms with E-state index in [1.807, 2.05) is 0 Å². The lowest BCUT2D eigenvalue weighted by Gasteiger charge is -2.32. The number of thioether (sulfide) groups is 2. The van der Waals surface area contributed by atoms with Crippen molar-refractivity contribution in [2.24, 2.45) is 0 Å². The molecule has 1 aliphatic rings. The summed E-state index contributed by atoms with van der Waals surface area (Å²) in [6.45, 7) is 12.1. The molecule has 0 N–H and O–H groups in total. The second-order valence-electron chi connectivity index (χ2n) is 22.0. The number of Topliss-reactive ketones (excluding diaryl/α,β-unsaturated/α-hetero) is 8. The van der Waals surface area contributed by atoms with E-state index in [4.69, 9.17) is 0 Å². The monoisotopic (exact) mass is 1300 g/mol. The van der Waals surface area contributed by atoms with E-state index in [-0.39, 0.29) is 253 Å². The molecule has 0 saturated heterocycles. The van der Waals surface area contributed by atoms with Gasteiger partial charge in [0.1, 0.15) is 46.3 Å². The number of ketones is 9. The topological polar surface area (TPSA) is 296 Å². The van der Waals surface area contributed by atoms with Crippen molar-refractivity contribution in [3.05, 3.63) is 23.0 Å². The van der Waals surface area contributed by atoms with Crippen LogP contribution in [0.15, 0.2) is 23.0 Å². The molecule has 7 amide bonds. The first-order valence-electron chi connectivity index (χ1n) is 32.1. The third-order valence-corrected chi connectivity index (χ3v) is 17.3. The summed E-state index contributed by atoms with van der Waals surface area (Å²) in [6.07, 6.45) is 2.18. The molecule has 1 heterocycles. The van der Waals surface area contributed by atoms with Gasteiger partial charge in [0.15, 0.2) is 5.78 Å². The molecular formula is C65H101N7O16S2. The molecule has 90 heavy (non-hydrogen) atoms. The van der Waals surface area contributed by atoms with Gasteiger partial charge in [0.2, 0.25) is 41.4 Å².